The summed E-state index contributed by atoms with van der Waals surface area (Å²) in [5.74, 6) is 1.11. The van der Waals surface area contributed by atoms with Gasteiger partial charge in [0.25, 0.3) is 0 Å². The topological polar surface area (TPSA) is 46.0 Å². The van der Waals surface area contributed by atoms with Gasteiger partial charge in [0.15, 0.2) is 0 Å². The third-order valence-corrected chi connectivity index (χ3v) is 5.26. The first-order chi connectivity index (χ1) is 10.0. The molecular formula is C16H29N5. The molecule has 118 valence electrons. The Morgan fingerprint density at radius 2 is 2.00 bits per heavy atom. The zero-order valence-electron chi connectivity index (χ0n) is 13.7. The Labute approximate surface area is 128 Å². The average Bonchev–Trinajstić information content (AvgIpc) is 2.92. The van der Waals surface area contributed by atoms with Crippen molar-refractivity contribution in [2.24, 2.45) is 0 Å². The molecule has 1 aliphatic carbocycles. The molecule has 2 aliphatic rings. The van der Waals surface area contributed by atoms with Crippen molar-refractivity contribution in [2.45, 2.75) is 77.0 Å². The largest absolute Gasteiger partial charge is 0.309 e. The van der Waals surface area contributed by atoms with Crippen LogP contribution < -0.4 is 5.32 Å². The minimum absolute atomic E-state index is 0.180. The summed E-state index contributed by atoms with van der Waals surface area (Å²) in [5, 5.41) is 8.11. The minimum Gasteiger partial charge on any atom is -0.309 e. The Hall–Kier alpha value is -0.940. The van der Waals surface area contributed by atoms with Gasteiger partial charge in [0.05, 0.1) is 6.54 Å². The molecule has 1 aromatic heterocycles. The van der Waals surface area contributed by atoms with Crippen LogP contribution >= 0.6 is 0 Å². The molecule has 0 atom stereocenters. The highest BCUT2D eigenvalue weighted by atomic mass is 15.4. The van der Waals surface area contributed by atoms with Crippen LogP contribution in [0.2, 0.25) is 0 Å². The van der Waals surface area contributed by atoms with Crippen molar-refractivity contribution in [1.29, 1.82) is 0 Å². The molecule has 1 aromatic rings. The summed E-state index contributed by atoms with van der Waals surface area (Å²) in [6.45, 7) is 10.8. The Kier molecular flexibility index (Phi) is 4.06. The molecule has 2 heterocycles. The molecule has 1 N–H and O–H groups in total. The van der Waals surface area contributed by atoms with E-state index in [0.717, 1.165) is 32.0 Å². The van der Waals surface area contributed by atoms with Gasteiger partial charge in [-0.05, 0) is 33.6 Å². The molecule has 1 saturated heterocycles. The van der Waals surface area contributed by atoms with Crippen LogP contribution in [0, 0.1) is 0 Å². The Bertz CT molecular complexity index is 473. The van der Waals surface area contributed by atoms with E-state index in [-0.39, 0.29) is 5.54 Å². The average molecular weight is 291 g/mol. The van der Waals surface area contributed by atoms with Crippen LogP contribution in [0.3, 0.4) is 0 Å². The third kappa shape index (κ3) is 2.99. The fraction of sp³-hybridized carbons (Fsp3) is 0.875. The summed E-state index contributed by atoms with van der Waals surface area (Å²) >= 11 is 0. The molecule has 0 aromatic carbocycles. The second-order valence-electron chi connectivity index (χ2n) is 7.37. The summed E-state index contributed by atoms with van der Waals surface area (Å²) in [6.07, 6.45) is 8.44. The van der Waals surface area contributed by atoms with Crippen LogP contribution in [0.15, 0.2) is 6.33 Å². The molecule has 0 radical (unpaired) electrons. The highest BCUT2D eigenvalue weighted by molar-refractivity contribution is 5.05. The first kappa shape index (κ1) is 15.0. The van der Waals surface area contributed by atoms with Crippen molar-refractivity contribution in [3.05, 3.63) is 12.2 Å². The van der Waals surface area contributed by atoms with E-state index in [1.54, 1.807) is 6.33 Å². The standard InChI is InChI=1S/C16H29N5/c1-4-21-14(17-13-19-21)10-20-12-15(2,3)18-11-16(20)8-6-5-7-9-16/h13,18H,4-12H2,1-3H3. The van der Waals surface area contributed by atoms with Crippen molar-refractivity contribution in [2.75, 3.05) is 13.1 Å². The maximum atomic E-state index is 4.50. The van der Waals surface area contributed by atoms with Crippen molar-refractivity contribution in [3.8, 4) is 0 Å². The lowest BCUT2D eigenvalue weighted by atomic mass is 9.77. The SMILES string of the molecule is CCn1ncnc1CN1CC(C)(C)NCC12CCCCC2. The van der Waals surface area contributed by atoms with Crippen LogP contribution in [0.25, 0.3) is 0 Å². The maximum absolute atomic E-state index is 4.50. The summed E-state index contributed by atoms with van der Waals surface area (Å²) < 4.78 is 2.03. The van der Waals surface area contributed by atoms with Gasteiger partial charge < -0.3 is 5.32 Å². The van der Waals surface area contributed by atoms with Crippen LogP contribution in [0.5, 0.6) is 0 Å². The number of nitrogens with one attached hydrogen (secondary N) is 1. The van der Waals surface area contributed by atoms with E-state index >= 15 is 0 Å². The molecular weight excluding hydrogens is 262 g/mol. The lowest BCUT2D eigenvalue weighted by Crippen LogP contribution is -2.68. The molecule has 21 heavy (non-hydrogen) atoms. The lowest BCUT2D eigenvalue weighted by molar-refractivity contribution is -0.0185. The van der Waals surface area contributed by atoms with E-state index in [0.29, 0.717) is 5.54 Å². The van der Waals surface area contributed by atoms with Gasteiger partial charge in [-0.2, -0.15) is 5.10 Å². The van der Waals surface area contributed by atoms with Crippen molar-refractivity contribution in [3.63, 3.8) is 0 Å². The van der Waals surface area contributed by atoms with Gasteiger partial charge in [0.2, 0.25) is 0 Å². The highest BCUT2D eigenvalue weighted by Crippen LogP contribution is 2.37. The van der Waals surface area contributed by atoms with Gasteiger partial charge in [-0.25, -0.2) is 9.67 Å². The monoisotopic (exact) mass is 291 g/mol. The normalized spacial score (nSPS) is 25.3. The van der Waals surface area contributed by atoms with Crippen LogP contribution in [0.1, 0.15) is 58.7 Å². The maximum Gasteiger partial charge on any atom is 0.141 e. The quantitative estimate of drug-likeness (QED) is 0.927. The van der Waals surface area contributed by atoms with E-state index in [9.17, 15) is 0 Å². The number of aryl methyl sites for hydroxylation is 1. The highest BCUT2D eigenvalue weighted by Gasteiger charge is 2.44. The summed E-state index contributed by atoms with van der Waals surface area (Å²) in [5.41, 5.74) is 0.512. The summed E-state index contributed by atoms with van der Waals surface area (Å²) in [6, 6.07) is 0. The second kappa shape index (κ2) is 5.69. The molecule has 5 nitrogen and oxygen atoms in total. The number of hydrogen-bond donors (Lipinski definition) is 1. The lowest BCUT2D eigenvalue weighted by Gasteiger charge is -2.54. The number of nitrogens with zero attached hydrogens (tertiary/aromatic N) is 4. The van der Waals surface area contributed by atoms with Gasteiger partial charge in [-0.1, -0.05) is 19.3 Å². The van der Waals surface area contributed by atoms with Crippen molar-refractivity contribution in [1.82, 2.24) is 25.0 Å². The first-order valence-electron chi connectivity index (χ1n) is 8.41. The smallest absolute Gasteiger partial charge is 0.141 e. The number of rotatable bonds is 3. The first-order valence-corrected chi connectivity index (χ1v) is 8.41. The van der Waals surface area contributed by atoms with E-state index in [1.165, 1.54) is 32.1 Å². The minimum atomic E-state index is 0.180. The van der Waals surface area contributed by atoms with Crippen molar-refractivity contribution >= 4 is 0 Å². The Morgan fingerprint density at radius 1 is 1.24 bits per heavy atom. The molecule has 0 bridgehead atoms. The van der Waals surface area contributed by atoms with E-state index in [4.69, 9.17) is 0 Å². The fourth-order valence-electron chi connectivity index (χ4n) is 3.99. The Balaban J connectivity index is 1.83. The van der Waals surface area contributed by atoms with Gasteiger partial charge in [-0.15, -0.1) is 0 Å². The van der Waals surface area contributed by atoms with Crippen LogP contribution in [-0.4, -0.2) is 43.8 Å². The molecule has 1 aliphatic heterocycles. The van der Waals surface area contributed by atoms with Gasteiger partial charge in [0.1, 0.15) is 12.2 Å². The predicted octanol–water partition coefficient (Wildman–Crippen LogP) is 2.18. The van der Waals surface area contributed by atoms with Gasteiger partial charge in [-0.3, -0.25) is 4.90 Å². The summed E-state index contributed by atoms with van der Waals surface area (Å²) in [7, 11) is 0. The third-order valence-electron chi connectivity index (χ3n) is 5.26. The fourth-order valence-corrected chi connectivity index (χ4v) is 3.99. The van der Waals surface area contributed by atoms with Crippen LogP contribution in [-0.2, 0) is 13.1 Å². The van der Waals surface area contributed by atoms with Crippen LogP contribution in [0.4, 0.5) is 0 Å². The predicted molar refractivity (Wildman–Crippen MR) is 84.0 cm³/mol. The Morgan fingerprint density at radius 3 is 2.71 bits per heavy atom. The zero-order valence-corrected chi connectivity index (χ0v) is 13.7. The second-order valence-corrected chi connectivity index (χ2v) is 7.37. The molecule has 5 heteroatoms. The van der Waals surface area contributed by atoms with E-state index in [2.05, 4.69) is 41.1 Å². The molecule has 0 amide bonds. The zero-order chi connectivity index (χ0) is 14.9. The molecule has 3 rings (SSSR count). The molecule has 2 fully saturated rings. The number of piperazine rings is 1. The summed E-state index contributed by atoms with van der Waals surface area (Å²) in [4.78, 5) is 7.19. The van der Waals surface area contributed by atoms with Gasteiger partial charge >= 0.3 is 0 Å². The molecule has 1 spiro atoms. The van der Waals surface area contributed by atoms with Gasteiger partial charge in [0, 0.05) is 30.7 Å². The van der Waals surface area contributed by atoms with E-state index < -0.39 is 0 Å². The molecule has 0 unspecified atom stereocenters. The number of aromatic nitrogens is 3. The van der Waals surface area contributed by atoms with Crippen molar-refractivity contribution < 1.29 is 0 Å². The molecule has 1 saturated carbocycles. The number of hydrogen-bond acceptors (Lipinski definition) is 4. The van der Waals surface area contributed by atoms with E-state index in [1.807, 2.05) is 4.68 Å².